The maximum absolute atomic E-state index is 13.8. The number of likely N-dealkylation sites (tertiary alicyclic amines) is 1. The van der Waals surface area contributed by atoms with Crippen LogP contribution in [-0.2, 0) is 24.2 Å². The average Bonchev–Trinajstić information content (AvgIpc) is 3.86. The Balaban J connectivity index is 0.968. The lowest BCUT2D eigenvalue weighted by Crippen LogP contribution is -2.38. The van der Waals surface area contributed by atoms with Gasteiger partial charge in [-0.2, -0.15) is 0 Å². The number of fused-ring (bicyclic) bond motifs is 1. The summed E-state index contributed by atoms with van der Waals surface area (Å²) in [5.41, 5.74) is 6.24. The monoisotopic (exact) mass is 700 g/mol. The molecule has 0 aliphatic carbocycles. The highest BCUT2D eigenvalue weighted by atomic mass is 32.1. The molecule has 266 valence electrons. The van der Waals surface area contributed by atoms with E-state index in [0.29, 0.717) is 25.9 Å². The second-order valence-corrected chi connectivity index (χ2v) is 15.7. The van der Waals surface area contributed by atoms with Gasteiger partial charge in [0.25, 0.3) is 5.91 Å². The van der Waals surface area contributed by atoms with E-state index in [9.17, 15) is 9.59 Å². The summed E-state index contributed by atoms with van der Waals surface area (Å²) in [6.07, 6.45) is 12.9. The first-order valence-electron chi connectivity index (χ1n) is 19.1. The number of rotatable bonds is 14. The Morgan fingerprint density at radius 1 is 0.804 bits per heavy atom. The summed E-state index contributed by atoms with van der Waals surface area (Å²) in [6.45, 7) is 5.30. The molecule has 3 aromatic carbocycles. The van der Waals surface area contributed by atoms with E-state index in [1.807, 2.05) is 41.4 Å². The lowest BCUT2D eigenvalue weighted by molar-refractivity contribution is -0.131. The minimum absolute atomic E-state index is 0.140. The first-order valence-corrected chi connectivity index (χ1v) is 20.0. The Bertz CT molecular complexity index is 1870. The number of carbonyl (C=O) groups excluding carboxylic acids is 2. The number of H-pyrrole nitrogens is 1. The molecule has 0 atom stereocenters. The summed E-state index contributed by atoms with van der Waals surface area (Å²) in [5, 5.41) is 6.76. The number of thiophene rings is 1. The molecule has 51 heavy (non-hydrogen) atoms. The van der Waals surface area contributed by atoms with Crippen molar-refractivity contribution < 1.29 is 9.59 Å². The molecule has 4 heterocycles. The van der Waals surface area contributed by atoms with Crippen LogP contribution in [0.15, 0.2) is 96.5 Å². The predicted molar refractivity (Wildman–Crippen MR) is 210 cm³/mol. The van der Waals surface area contributed by atoms with Gasteiger partial charge >= 0.3 is 0 Å². The summed E-state index contributed by atoms with van der Waals surface area (Å²) >= 11 is 1.74. The Kier molecular flexibility index (Phi) is 12.0. The number of nitrogens with zero attached hydrogens (tertiary/aromatic N) is 2. The molecule has 2 aliphatic rings. The van der Waals surface area contributed by atoms with Crippen LogP contribution in [0.5, 0.6) is 0 Å². The predicted octanol–water partition coefficient (Wildman–Crippen LogP) is 9.12. The second kappa shape index (κ2) is 17.3. The Morgan fingerprint density at radius 2 is 1.57 bits per heavy atom. The van der Waals surface area contributed by atoms with Crippen molar-refractivity contribution in [2.24, 2.45) is 11.8 Å². The van der Waals surface area contributed by atoms with Crippen molar-refractivity contribution in [2.45, 2.75) is 70.8 Å². The van der Waals surface area contributed by atoms with Crippen LogP contribution in [0.1, 0.15) is 77.7 Å². The smallest absolute Gasteiger partial charge is 0.253 e. The van der Waals surface area contributed by atoms with Gasteiger partial charge in [0.1, 0.15) is 0 Å². The number of benzene rings is 3. The molecule has 2 amide bonds. The topological polar surface area (TPSA) is 68.4 Å². The Labute approximate surface area is 307 Å². The lowest BCUT2D eigenvalue weighted by atomic mass is 9.87. The number of nitrogens with one attached hydrogen (secondary N) is 2. The number of aromatic nitrogens is 1. The molecular formula is C44H52N4O2S. The molecule has 0 saturated carbocycles. The van der Waals surface area contributed by atoms with E-state index < -0.39 is 0 Å². The highest BCUT2D eigenvalue weighted by molar-refractivity contribution is 7.09. The number of para-hydroxylation sites is 1. The highest BCUT2D eigenvalue weighted by Crippen LogP contribution is 2.28. The van der Waals surface area contributed by atoms with E-state index in [4.69, 9.17) is 0 Å². The van der Waals surface area contributed by atoms with Gasteiger partial charge in [-0.1, -0.05) is 73.9 Å². The molecule has 2 saturated heterocycles. The Morgan fingerprint density at radius 3 is 2.37 bits per heavy atom. The van der Waals surface area contributed by atoms with Crippen molar-refractivity contribution in [1.82, 2.24) is 20.1 Å². The first-order chi connectivity index (χ1) is 25.1. The molecule has 0 radical (unpaired) electrons. The van der Waals surface area contributed by atoms with Crippen molar-refractivity contribution in [3.8, 4) is 11.1 Å². The summed E-state index contributed by atoms with van der Waals surface area (Å²) in [6, 6.07) is 29.1. The molecule has 7 rings (SSSR count). The average molecular weight is 701 g/mol. The zero-order chi connectivity index (χ0) is 34.8. The molecule has 2 aliphatic heterocycles. The quantitative estimate of drug-likeness (QED) is 0.121. The number of piperidine rings is 2. The second-order valence-electron chi connectivity index (χ2n) is 14.6. The van der Waals surface area contributed by atoms with Gasteiger partial charge < -0.3 is 20.1 Å². The van der Waals surface area contributed by atoms with Crippen LogP contribution in [0.3, 0.4) is 0 Å². The van der Waals surface area contributed by atoms with Gasteiger partial charge in [0.05, 0.1) is 0 Å². The van der Waals surface area contributed by atoms with E-state index in [1.165, 1.54) is 61.0 Å². The summed E-state index contributed by atoms with van der Waals surface area (Å²) in [4.78, 5) is 36.2. The standard InChI is InChI=1S/C44H52N4O2S/c49-43(17-16-39-31-46-42-15-2-1-14-41(39)42)48(27-22-40-13-6-28-51-40)32-35-9-4-10-36(29-35)37-11-5-12-38(30-37)44(50)47-25-20-34(21-26-47)8-3-7-33-18-23-45-24-19-33/h1-2,4-6,9-15,28-31,33-34,45-46H,3,7-8,16-27,32H2. The normalized spacial score (nSPS) is 15.7. The van der Waals surface area contributed by atoms with Gasteiger partial charge in [-0.15, -0.1) is 11.3 Å². The number of aromatic amines is 1. The highest BCUT2D eigenvalue weighted by Gasteiger charge is 2.24. The molecule has 0 bridgehead atoms. The molecule has 2 N–H and O–H groups in total. The maximum atomic E-state index is 13.8. The van der Waals surface area contributed by atoms with E-state index in [-0.39, 0.29) is 11.8 Å². The van der Waals surface area contributed by atoms with Gasteiger partial charge in [-0.05, 0) is 121 Å². The third kappa shape index (κ3) is 9.38. The first kappa shape index (κ1) is 35.2. The number of amides is 2. The zero-order valence-electron chi connectivity index (χ0n) is 29.8. The minimum atomic E-state index is 0.140. The van der Waals surface area contributed by atoms with E-state index in [2.05, 4.69) is 75.2 Å². The minimum Gasteiger partial charge on any atom is -0.361 e. The van der Waals surface area contributed by atoms with E-state index in [1.54, 1.807) is 11.3 Å². The SMILES string of the molecule is O=C(CCc1c[nH]c2ccccc12)N(CCc1cccs1)Cc1cccc(-c2cccc(C(=O)N3CCC(CCCC4CCNCC4)CC3)c2)c1. The van der Waals surface area contributed by atoms with Crippen molar-refractivity contribution in [3.05, 3.63) is 118 Å². The van der Waals surface area contributed by atoms with Crippen molar-refractivity contribution in [3.63, 3.8) is 0 Å². The van der Waals surface area contributed by atoms with Crippen LogP contribution in [0.25, 0.3) is 22.0 Å². The van der Waals surface area contributed by atoms with Crippen molar-refractivity contribution >= 4 is 34.1 Å². The zero-order valence-corrected chi connectivity index (χ0v) is 30.6. The molecule has 2 fully saturated rings. The number of aryl methyl sites for hydroxylation is 1. The van der Waals surface area contributed by atoms with Gasteiger partial charge in [-0.3, -0.25) is 9.59 Å². The van der Waals surface area contributed by atoms with Gasteiger partial charge in [0.2, 0.25) is 5.91 Å². The molecular weight excluding hydrogens is 649 g/mol. The fourth-order valence-electron chi connectivity index (χ4n) is 8.10. The molecule has 5 aromatic rings. The van der Waals surface area contributed by atoms with Crippen LogP contribution in [0, 0.1) is 11.8 Å². The fourth-order valence-corrected chi connectivity index (χ4v) is 8.80. The fraction of sp³-hybridized carbons (Fsp3) is 0.409. The van der Waals surface area contributed by atoms with Crippen LogP contribution in [0.2, 0.25) is 0 Å². The third-order valence-electron chi connectivity index (χ3n) is 11.2. The number of carbonyl (C=O) groups is 2. The third-order valence-corrected chi connectivity index (χ3v) is 12.1. The molecule has 7 heteroatoms. The van der Waals surface area contributed by atoms with Gasteiger partial charge in [0, 0.05) is 60.1 Å². The molecule has 6 nitrogen and oxygen atoms in total. The Hall–Kier alpha value is -4.20. The van der Waals surface area contributed by atoms with Crippen molar-refractivity contribution in [2.75, 3.05) is 32.7 Å². The van der Waals surface area contributed by atoms with E-state index >= 15 is 0 Å². The summed E-state index contributed by atoms with van der Waals surface area (Å²) in [7, 11) is 0. The van der Waals surface area contributed by atoms with Crippen LogP contribution in [0.4, 0.5) is 0 Å². The lowest BCUT2D eigenvalue weighted by Gasteiger charge is -2.32. The van der Waals surface area contributed by atoms with Crippen LogP contribution in [-0.4, -0.2) is 59.3 Å². The summed E-state index contributed by atoms with van der Waals surface area (Å²) in [5.74, 6) is 1.96. The maximum Gasteiger partial charge on any atom is 0.253 e. The molecule has 2 aromatic heterocycles. The molecule has 0 unspecified atom stereocenters. The van der Waals surface area contributed by atoms with Gasteiger partial charge in [-0.25, -0.2) is 0 Å². The van der Waals surface area contributed by atoms with E-state index in [0.717, 1.165) is 72.0 Å². The van der Waals surface area contributed by atoms with Crippen LogP contribution < -0.4 is 5.32 Å². The largest absolute Gasteiger partial charge is 0.361 e. The number of hydrogen-bond acceptors (Lipinski definition) is 4. The summed E-state index contributed by atoms with van der Waals surface area (Å²) < 4.78 is 0. The van der Waals surface area contributed by atoms with Crippen molar-refractivity contribution in [1.29, 1.82) is 0 Å². The molecule has 0 spiro atoms. The van der Waals surface area contributed by atoms with Gasteiger partial charge in [0.15, 0.2) is 0 Å². The number of hydrogen-bond donors (Lipinski definition) is 2. The van der Waals surface area contributed by atoms with Crippen LogP contribution >= 0.6 is 11.3 Å².